The third-order valence-electron chi connectivity index (χ3n) is 3.88. The topological polar surface area (TPSA) is 26.3 Å². The Bertz CT molecular complexity index is 456. The lowest BCUT2D eigenvalue weighted by Crippen LogP contribution is -2.54. The Kier molecular flexibility index (Phi) is 2.94. The number of ether oxygens (including phenoxy) is 1. The van der Waals surface area contributed by atoms with Crippen LogP contribution in [-0.4, -0.2) is 11.9 Å². The predicted molar refractivity (Wildman–Crippen MR) is 63.6 cm³/mol. The normalized spacial score (nSPS) is 27.8. The highest BCUT2D eigenvalue weighted by Gasteiger charge is 2.51. The quantitative estimate of drug-likeness (QED) is 0.805. The first-order chi connectivity index (χ1) is 7.99. The Morgan fingerprint density at radius 3 is 2.82 bits per heavy atom. The number of carbonyl (C=O) groups is 1. The van der Waals surface area contributed by atoms with Crippen molar-refractivity contribution < 1.29 is 13.9 Å². The van der Waals surface area contributed by atoms with Crippen molar-refractivity contribution in [2.24, 2.45) is 5.41 Å². The fraction of sp³-hybridized carbons (Fsp3) is 0.500. The van der Waals surface area contributed by atoms with Gasteiger partial charge >= 0.3 is 0 Å². The number of hydrogen-bond donors (Lipinski definition) is 0. The van der Waals surface area contributed by atoms with Crippen molar-refractivity contribution in [3.05, 3.63) is 29.6 Å². The van der Waals surface area contributed by atoms with E-state index in [0.29, 0.717) is 12.0 Å². The lowest BCUT2D eigenvalue weighted by molar-refractivity contribution is -0.150. The number of carbonyl (C=O) groups excluding carboxylic acids is 1. The molecule has 0 aromatic heterocycles. The minimum Gasteiger partial charge on any atom is -0.486 e. The van der Waals surface area contributed by atoms with Crippen molar-refractivity contribution in [3.8, 4) is 5.75 Å². The summed E-state index contributed by atoms with van der Waals surface area (Å²) in [6.45, 7) is 5.55. The number of ketones is 1. The van der Waals surface area contributed by atoms with Crippen LogP contribution in [-0.2, 0) is 4.79 Å². The highest BCUT2D eigenvalue weighted by molar-refractivity contribution is 5.92. The van der Waals surface area contributed by atoms with Crippen molar-refractivity contribution in [2.75, 3.05) is 0 Å². The molecule has 1 aliphatic carbocycles. The van der Waals surface area contributed by atoms with Crippen LogP contribution in [0, 0.1) is 18.2 Å². The van der Waals surface area contributed by atoms with Crippen molar-refractivity contribution in [3.63, 3.8) is 0 Å². The van der Waals surface area contributed by atoms with Gasteiger partial charge in [0.1, 0.15) is 11.9 Å². The van der Waals surface area contributed by atoms with Gasteiger partial charge < -0.3 is 4.74 Å². The number of Topliss-reactive ketones (excluding diaryl/α,β-unsaturated/α-hetero) is 1. The lowest BCUT2D eigenvalue weighted by Gasteiger charge is -2.44. The third-order valence-corrected chi connectivity index (χ3v) is 3.88. The SMILES string of the molecule is CCC1(C)C(=O)CC1Oc1cccc(C)c1F. The van der Waals surface area contributed by atoms with E-state index >= 15 is 0 Å². The predicted octanol–water partition coefficient (Wildman–Crippen LogP) is 3.27. The molecular formula is C14H17FO2. The third kappa shape index (κ3) is 1.84. The van der Waals surface area contributed by atoms with Gasteiger partial charge in [-0.25, -0.2) is 4.39 Å². The molecule has 1 aromatic carbocycles. The van der Waals surface area contributed by atoms with Crippen LogP contribution in [0.2, 0.25) is 0 Å². The number of benzene rings is 1. The second kappa shape index (κ2) is 4.13. The molecule has 0 radical (unpaired) electrons. The molecule has 1 aliphatic rings. The standard InChI is InChI=1S/C14H17FO2/c1-4-14(3)11(16)8-12(14)17-10-7-5-6-9(2)13(10)15/h5-7,12H,4,8H2,1-3H3. The largest absolute Gasteiger partial charge is 0.486 e. The molecule has 1 fully saturated rings. The number of rotatable bonds is 3. The summed E-state index contributed by atoms with van der Waals surface area (Å²) in [6.07, 6.45) is 0.915. The van der Waals surface area contributed by atoms with Crippen molar-refractivity contribution in [2.45, 2.75) is 39.7 Å². The summed E-state index contributed by atoms with van der Waals surface area (Å²) in [6, 6.07) is 5.08. The van der Waals surface area contributed by atoms with E-state index in [-0.39, 0.29) is 23.5 Å². The van der Waals surface area contributed by atoms with Crippen LogP contribution < -0.4 is 4.74 Å². The van der Waals surface area contributed by atoms with E-state index in [2.05, 4.69) is 0 Å². The summed E-state index contributed by atoms with van der Waals surface area (Å²) in [4.78, 5) is 11.6. The minimum atomic E-state index is -0.448. The lowest BCUT2D eigenvalue weighted by atomic mass is 9.64. The second-order valence-electron chi connectivity index (χ2n) is 4.89. The molecule has 0 spiro atoms. The molecule has 2 atom stereocenters. The molecule has 92 valence electrons. The number of hydrogen-bond acceptors (Lipinski definition) is 2. The van der Waals surface area contributed by atoms with Crippen LogP contribution in [0.1, 0.15) is 32.3 Å². The van der Waals surface area contributed by atoms with Crippen molar-refractivity contribution in [1.82, 2.24) is 0 Å². The van der Waals surface area contributed by atoms with E-state index in [1.165, 1.54) is 0 Å². The van der Waals surface area contributed by atoms with E-state index in [0.717, 1.165) is 6.42 Å². The van der Waals surface area contributed by atoms with Gasteiger partial charge in [-0.15, -0.1) is 0 Å². The number of halogens is 1. The molecular weight excluding hydrogens is 219 g/mol. The average Bonchev–Trinajstić information content (AvgIpc) is 2.33. The molecule has 1 saturated carbocycles. The van der Waals surface area contributed by atoms with Gasteiger partial charge in [-0.3, -0.25) is 4.79 Å². The summed E-state index contributed by atoms with van der Waals surface area (Å²) in [5.74, 6) is 0.130. The van der Waals surface area contributed by atoms with E-state index in [1.54, 1.807) is 25.1 Å². The van der Waals surface area contributed by atoms with Crippen LogP contribution >= 0.6 is 0 Å². The van der Waals surface area contributed by atoms with Gasteiger partial charge in [0, 0.05) is 6.42 Å². The average molecular weight is 236 g/mol. The zero-order valence-electron chi connectivity index (χ0n) is 10.4. The molecule has 3 heteroatoms. The highest BCUT2D eigenvalue weighted by Crippen LogP contribution is 2.42. The molecule has 0 aliphatic heterocycles. The van der Waals surface area contributed by atoms with Gasteiger partial charge in [0.25, 0.3) is 0 Å². The van der Waals surface area contributed by atoms with E-state index in [4.69, 9.17) is 4.74 Å². The second-order valence-corrected chi connectivity index (χ2v) is 4.89. The van der Waals surface area contributed by atoms with Gasteiger partial charge in [-0.1, -0.05) is 19.1 Å². The Balaban J connectivity index is 2.18. The Labute approximate surface area is 101 Å². The van der Waals surface area contributed by atoms with Gasteiger partial charge in [-0.05, 0) is 31.9 Å². The fourth-order valence-electron chi connectivity index (χ4n) is 2.14. The Hall–Kier alpha value is -1.38. The van der Waals surface area contributed by atoms with Crippen LogP contribution in [0.15, 0.2) is 18.2 Å². The zero-order chi connectivity index (χ0) is 12.6. The van der Waals surface area contributed by atoms with E-state index < -0.39 is 5.41 Å². The maximum absolute atomic E-state index is 13.8. The molecule has 1 aromatic rings. The van der Waals surface area contributed by atoms with Crippen molar-refractivity contribution >= 4 is 5.78 Å². The summed E-state index contributed by atoms with van der Waals surface area (Å²) in [7, 11) is 0. The first-order valence-corrected chi connectivity index (χ1v) is 5.94. The smallest absolute Gasteiger partial charge is 0.167 e. The van der Waals surface area contributed by atoms with Gasteiger partial charge in [-0.2, -0.15) is 0 Å². The van der Waals surface area contributed by atoms with Crippen LogP contribution in [0.25, 0.3) is 0 Å². The highest BCUT2D eigenvalue weighted by atomic mass is 19.1. The van der Waals surface area contributed by atoms with Gasteiger partial charge in [0.2, 0.25) is 0 Å². The molecule has 17 heavy (non-hydrogen) atoms. The molecule has 2 rings (SSSR count). The van der Waals surface area contributed by atoms with Crippen LogP contribution in [0.3, 0.4) is 0 Å². The van der Waals surface area contributed by atoms with E-state index in [1.807, 2.05) is 13.8 Å². The molecule has 0 N–H and O–H groups in total. The Morgan fingerprint density at radius 2 is 2.24 bits per heavy atom. The fourth-order valence-corrected chi connectivity index (χ4v) is 2.14. The first kappa shape index (κ1) is 12.1. The number of aryl methyl sites for hydroxylation is 1. The summed E-state index contributed by atoms with van der Waals surface area (Å²) in [5.41, 5.74) is 0.113. The molecule has 2 nitrogen and oxygen atoms in total. The molecule has 0 heterocycles. The van der Waals surface area contributed by atoms with E-state index in [9.17, 15) is 9.18 Å². The molecule has 2 unspecified atom stereocenters. The van der Waals surface area contributed by atoms with Gasteiger partial charge in [0.15, 0.2) is 11.6 Å². The first-order valence-electron chi connectivity index (χ1n) is 5.94. The molecule has 0 bridgehead atoms. The monoisotopic (exact) mass is 236 g/mol. The summed E-state index contributed by atoms with van der Waals surface area (Å²) in [5, 5.41) is 0. The molecule has 0 saturated heterocycles. The summed E-state index contributed by atoms with van der Waals surface area (Å²) >= 11 is 0. The summed E-state index contributed by atoms with van der Waals surface area (Å²) < 4.78 is 19.4. The van der Waals surface area contributed by atoms with Crippen LogP contribution in [0.4, 0.5) is 4.39 Å². The maximum Gasteiger partial charge on any atom is 0.167 e. The van der Waals surface area contributed by atoms with Crippen molar-refractivity contribution in [1.29, 1.82) is 0 Å². The Morgan fingerprint density at radius 1 is 1.53 bits per heavy atom. The van der Waals surface area contributed by atoms with Gasteiger partial charge in [0.05, 0.1) is 5.41 Å². The maximum atomic E-state index is 13.8. The molecule has 0 amide bonds. The zero-order valence-corrected chi connectivity index (χ0v) is 10.4. The van der Waals surface area contributed by atoms with Crippen LogP contribution in [0.5, 0.6) is 5.75 Å². The minimum absolute atomic E-state index is 0.198.